The van der Waals surface area contributed by atoms with Gasteiger partial charge < -0.3 is 9.47 Å². The van der Waals surface area contributed by atoms with Crippen molar-refractivity contribution in [1.29, 1.82) is 0 Å². The molecule has 3 rings (SSSR count). The second-order valence-corrected chi connectivity index (χ2v) is 6.55. The molecule has 0 saturated carbocycles. The Morgan fingerprint density at radius 3 is 2.71 bits per heavy atom. The maximum absolute atomic E-state index is 12.5. The van der Waals surface area contributed by atoms with Gasteiger partial charge in [-0.3, -0.25) is 10.1 Å². The molecule has 0 aliphatic rings. The number of carbonyl (C=O) groups is 1. The molecule has 0 atom stereocenters. The molecule has 0 spiro atoms. The van der Waals surface area contributed by atoms with Crippen LogP contribution in [0.5, 0.6) is 11.5 Å². The number of carbonyl (C=O) groups excluding carboxylic acids is 1. The van der Waals surface area contributed by atoms with Crippen LogP contribution in [-0.4, -0.2) is 25.1 Å². The first-order valence-electron chi connectivity index (χ1n) is 7.12. The standard InChI is InChI=1S/C17H15ClN2O3S/c1-9-6-15-13(8-12(9)18)19-17(24-15)20-16(21)11-5-4-10(22-2)7-14(11)23-3/h4-8H,1-3H3,(H,19,20,21). The van der Waals surface area contributed by atoms with Crippen LogP contribution in [0.15, 0.2) is 30.3 Å². The van der Waals surface area contributed by atoms with Crippen LogP contribution in [0.25, 0.3) is 10.2 Å². The molecule has 1 N–H and O–H groups in total. The number of methoxy groups -OCH3 is 2. The summed E-state index contributed by atoms with van der Waals surface area (Å²) < 4.78 is 11.4. The van der Waals surface area contributed by atoms with Gasteiger partial charge in [0.05, 0.1) is 30.0 Å². The fourth-order valence-corrected chi connectivity index (χ4v) is 3.35. The normalized spacial score (nSPS) is 10.7. The van der Waals surface area contributed by atoms with Crippen LogP contribution in [0.3, 0.4) is 0 Å². The second kappa shape index (κ2) is 6.67. The highest BCUT2D eigenvalue weighted by molar-refractivity contribution is 7.22. The monoisotopic (exact) mass is 362 g/mol. The number of amides is 1. The lowest BCUT2D eigenvalue weighted by Crippen LogP contribution is -2.13. The van der Waals surface area contributed by atoms with Crippen molar-refractivity contribution in [2.75, 3.05) is 19.5 Å². The molecular weight excluding hydrogens is 348 g/mol. The lowest BCUT2D eigenvalue weighted by atomic mass is 10.2. The molecule has 1 amide bonds. The number of nitrogens with one attached hydrogen (secondary N) is 1. The van der Waals surface area contributed by atoms with E-state index in [9.17, 15) is 4.79 Å². The Kier molecular flexibility index (Phi) is 4.59. The lowest BCUT2D eigenvalue weighted by Gasteiger charge is -2.09. The number of aryl methyl sites for hydroxylation is 1. The highest BCUT2D eigenvalue weighted by Crippen LogP contribution is 2.31. The number of ether oxygens (including phenoxy) is 2. The number of hydrogen-bond donors (Lipinski definition) is 1. The zero-order chi connectivity index (χ0) is 17.3. The number of halogens is 1. The quantitative estimate of drug-likeness (QED) is 0.740. The molecule has 0 fully saturated rings. The van der Waals surface area contributed by atoms with Gasteiger partial charge in [0.2, 0.25) is 0 Å². The first-order chi connectivity index (χ1) is 11.5. The van der Waals surface area contributed by atoms with E-state index in [-0.39, 0.29) is 5.91 Å². The molecule has 0 aliphatic carbocycles. The predicted octanol–water partition coefficient (Wildman–Crippen LogP) is 4.53. The van der Waals surface area contributed by atoms with Crippen molar-refractivity contribution >= 4 is 44.2 Å². The summed E-state index contributed by atoms with van der Waals surface area (Å²) in [6.45, 7) is 1.93. The third-order valence-corrected chi connectivity index (χ3v) is 4.88. The van der Waals surface area contributed by atoms with Crippen LogP contribution in [0.2, 0.25) is 5.02 Å². The predicted molar refractivity (Wildman–Crippen MR) is 96.9 cm³/mol. The van der Waals surface area contributed by atoms with E-state index in [4.69, 9.17) is 21.1 Å². The minimum Gasteiger partial charge on any atom is -0.497 e. The van der Waals surface area contributed by atoms with Gasteiger partial charge in [-0.2, -0.15) is 0 Å². The van der Waals surface area contributed by atoms with Crippen molar-refractivity contribution in [3.05, 3.63) is 46.5 Å². The van der Waals surface area contributed by atoms with Crippen molar-refractivity contribution < 1.29 is 14.3 Å². The molecular formula is C17H15ClN2O3S. The molecule has 0 bridgehead atoms. The Hall–Kier alpha value is -2.31. The van der Waals surface area contributed by atoms with Crippen LogP contribution < -0.4 is 14.8 Å². The zero-order valence-electron chi connectivity index (χ0n) is 13.3. The summed E-state index contributed by atoms with van der Waals surface area (Å²) >= 11 is 7.51. The summed E-state index contributed by atoms with van der Waals surface area (Å²) in [5.41, 5.74) is 2.14. The molecule has 0 unspecified atom stereocenters. The first-order valence-corrected chi connectivity index (χ1v) is 8.31. The number of anilines is 1. The molecule has 5 nitrogen and oxygen atoms in total. The van der Waals surface area contributed by atoms with Crippen molar-refractivity contribution in [2.45, 2.75) is 6.92 Å². The van der Waals surface area contributed by atoms with E-state index in [1.165, 1.54) is 18.4 Å². The van der Waals surface area contributed by atoms with Crippen molar-refractivity contribution in [3.8, 4) is 11.5 Å². The van der Waals surface area contributed by atoms with Gasteiger partial charge in [-0.25, -0.2) is 4.98 Å². The first kappa shape index (κ1) is 16.5. The summed E-state index contributed by atoms with van der Waals surface area (Å²) in [4.78, 5) is 16.9. The summed E-state index contributed by atoms with van der Waals surface area (Å²) in [6.07, 6.45) is 0. The smallest absolute Gasteiger partial charge is 0.261 e. The molecule has 7 heteroatoms. The Morgan fingerprint density at radius 2 is 2.00 bits per heavy atom. The maximum Gasteiger partial charge on any atom is 0.261 e. The third kappa shape index (κ3) is 3.16. The number of hydrogen-bond acceptors (Lipinski definition) is 5. The highest BCUT2D eigenvalue weighted by Gasteiger charge is 2.16. The summed E-state index contributed by atoms with van der Waals surface area (Å²) in [5.74, 6) is 0.761. The van der Waals surface area contributed by atoms with Gasteiger partial charge in [0.1, 0.15) is 11.5 Å². The lowest BCUT2D eigenvalue weighted by molar-refractivity contribution is 0.102. The second-order valence-electron chi connectivity index (χ2n) is 5.11. The average molecular weight is 363 g/mol. The van der Waals surface area contributed by atoms with E-state index in [1.807, 2.05) is 13.0 Å². The van der Waals surface area contributed by atoms with Crippen LogP contribution in [0.4, 0.5) is 5.13 Å². The van der Waals surface area contributed by atoms with E-state index >= 15 is 0 Å². The third-order valence-electron chi connectivity index (χ3n) is 3.54. The fraction of sp³-hybridized carbons (Fsp3) is 0.176. The van der Waals surface area contributed by atoms with E-state index in [0.717, 1.165) is 15.8 Å². The zero-order valence-corrected chi connectivity index (χ0v) is 14.9. The number of fused-ring (bicyclic) bond motifs is 1. The maximum atomic E-state index is 12.5. The topological polar surface area (TPSA) is 60.5 Å². The SMILES string of the molecule is COc1ccc(C(=O)Nc2nc3cc(Cl)c(C)cc3s2)c(OC)c1. The number of thiazole rings is 1. The van der Waals surface area contributed by atoms with Gasteiger partial charge in [-0.1, -0.05) is 22.9 Å². The van der Waals surface area contributed by atoms with E-state index in [0.29, 0.717) is 27.2 Å². The minimum atomic E-state index is -0.295. The van der Waals surface area contributed by atoms with Crippen LogP contribution in [0.1, 0.15) is 15.9 Å². The van der Waals surface area contributed by atoms with Crippen molar-refractivity contribution in [1.82, 2.24) is 4.98 Å². The number of nitrogens with zero attached hydrogens (tertiary/aromatic N) is 1. The van der Waals surface area contributed by atoms with Crippen molar-refractivity contribution in [2.24, 2.45) is 0 Å². The molecule has 0 radical (unpaired) electrons. The average Bonchev–Trinajstić information content (AvgIpc) is 2.95. The minimum absolute atomic E-state index is 0.295. The molecule has 1 heterocycles. The Bertz CT molecular complexity index is 885. The van der Waals surface area contributed by atoms with Gasteiger partial charge in [-0.05, 0) is 36.8 Å². The van der Waals surface area contributed by atoms with Crippen molar-refractivity contribution in [3.63, 3.8) is 0 Å². The van der Waals surface area contributed by atoms with Crippen LogP contribution in [0, 0.1) is 6.92 Å². The summed E-state index contributed by atoms with van der Waals surface area (Å²) in [7, 11) is 3.07. The Balaban J connectivity index is 1.89. The van der Waals surface area contributed by atoms with Gasteiger partial charge >= 0.3 is 0 Å². The molecule has 3 aromatic rings. The fourth-order valence-electron chi connectivity index (χ4n) is 2.25. The van der Waals surface area contributed by atoms with Gasteiger partial charge in [0.25, 0.3) is 5.91 Å². The summed E-state index contributed by atoms with van der Waals surface area (Å²) in [6, 6.07) is 8.78. The van der Waals surface area contributed by atoms with E-state index in [2.05, 4.69) is 10.3 Å². The molecule has 1 aromatic heterocycles. The summed E-state index contributed by atoms with van der Waals surface area (Å²) in [5, 5.41) is 3.97. The van der Waals surface area contributed by atoms with Gasteiger partial charge in [0.15, 0.2) is 5.13 Å². The van der Waals surface area contributed by atoms with E-state index < -0.39 is 0 Å². The molecule has 2 aromatic carbocycles. The molecule has 124 valence electrons. The van der Waals surface area contributed by atoms with E-state index in [1.54, 1.807) is 31.4 Å². The molecule has 0 aliphatic heterocycles. The number of benzene rings is 2. The molecule has 24 heavy (non-hydrogen) atoms. The largest absolute Gasteiger partial charge is 0.497 e. The van der Waals surface area contributed by atoms with Crippen LogP contribution >= 0.6 is 22.9 Å². The van der Waals surface area contributed by atoms with Crippen LogP contribution in [-0.2, 0) is 0 Å². The van der Waals surface area contributed by atoms with Gasteiger partial charge in [-0.15, -0.1) is 0 Å². The van der Waals surface area contributed by atoms with Gasteiger partial charge in [0, 0.05) is 11.1 Å². The number of aromatic nitrogens is 1. The number of rotatable bonds is 4. The Labute approximate surface area is 148 Å². The Morgan fingerprint density at radius 1 is 1.21 bits per heavy atom. The highest BCUT2D eigenvalue weighted by atomic mass is 35.5. The molecule has 0 saturated heterocycles.